The van der Waals surface area contributed by atoms with Crippen LogP contribution in [0.25, 0.3) is 0 Å². The van der Waals surface area contributed by atoms with Gasteiger partial charge in [0.2, 0.25) is 0 Å². The Morgan fingerprint density at radius 2 is 2.00 bits per heavy atom. The first kappa shape index (κ1) is 19.9. The van der Waals surface area contributed by atoms with E-state index in [1.807, 2.05) is 51.1 Å². The van der Waals surface area contributed by atoms with Gasteiger partial charge in [-0.05, 0) is 40.0 Å². The van der Waals surface area contributed by atoms with E-state index in [1.54, 1.807) is 0 Å². The molecule has 25 heavy (non-hydrogen) atoms. The summed E-state index contributed by atoms with van der Waals surface area (Å²) in [4.78, 5) is 11.7. The summed E-state index contributed by atoms with van der Waals surface area (Å²) in [7, 11) is 0. The van der Waals surface area contributed by atoms with E-state index in [0.29, 0.717) is 19.4 Å². The van der Waals surface area contributed by atoms with Gasteiger partial charge in [0.05, 0.1) is 30.8 Å². The molecule has 0 aliphatic carbocycles. The van der Waals surface area contributed by atoms with E-state index in [2.05, 4.69) is 0 Å². The molecule has 1 aromatic carbocycles. The molecule has 1 aliphatic rings. The van der Waals surface area contributed by atoms with Crippen LogP contribution in [0.1, 0.15) is 58.3 Å². The van der Waals surface area contributed by atoms with Gasteiger partial charge in [-0.2, -0.15) is 0 Å². The van der Waals surface area contributed by atoms with E-state index < -0.39 is 11.5 Å². The van der Waals surface area contributed by atoms with Gasteiger partial charge in [-0.1, -0.05) is 30.3 Å². The van der Waals surface area contributed by atoms with Gasteiger partial charge in [-0.3, -0.25) is 4.79 Å². The van der Waals surface area contributed by atoms with Crippen molar-refractivity contribution in [3.63, 3.8) is 0 Å². The lowest BCUT2D eigenvalue weighted by molar-refractivity contribution is -0.219. The van der Waals surface area contributed by atoms with Crippen molar-refractivity contribution in [1.82, 2.24) is 0 Å². The highest BCUT2D eigenvalue weighted by Gasteiger charge is 2.25. The summed E-state index contributed by atoms with van der Waals surface area (Å²) >= 11 is 0. The maximum Gasteiger partial charge on any atom is 0.311 e. The third-order valence-electron chi connectivity index (χ3n) is 4.22. The van der Waals surface area contributed by atoms with E-state index in [0.717, 1.165) is 18.4 Å². The maximum atomic E-state index is 11.7. The minimum absolute atomic E-state index is 0.0748. The Kier molecular flexibility index (Phi) is 7.41. The number of ether oxygens (including phenoxy) is 3. The molecule has 2 rings (SSSR count). The topological polar surface area (TPSA) is 65.0 Å². The normalized spacial score (nSPS) is 22.4. The van der Waals surface area contributed by atoms with Crippen molar-refractivity contribution < 1.29 is 24.1 Å². The Hall–Kier alpha value is -1.43. The third kappa shape index (κ3) is 6.77. The number of aliphatic hydroxyl groups excluding tert-OH is 1. The summed E-state index contributed by atoms with van der Waals surface area (Å²) in [6.45, 7) is 6.36. The lowest BCUT2D eigenvalue weighted by Gasteiger charge is -2.31. The molecular formula is C20H30O5. The Balaban J connectivity index is 1.67. The second-order valence-corrected chi connectivity index (χ2v) is 7.57. The SMILES string of the molecule is CC(C)(C)C(=O)OCC[C@H](O)CC[C@H]1CCO[C@@H](c2ccccc2)O1. The molecule has 140 valence electrons. The number of carbonyl (C=O) groups excluding carboxylic acids is 1. The molecule has 5 nitrogen and oxygen atoms in total. The zero-order valence-corrected chi connectivity index (χ0v) is 15.4. The molecule has 0 spiro atoms. The van der Waals surface area contributed by atoms with Crippen LogP contribution < -0.4 is 0 Å². The fraction of sp³-hybridized carbons (Fsp3) is 0.650. The van der Waals surface area contributed by atoms with Gasteiger partial charge in [-0.25, -0.2) is 0 Å². The highest BCUT2D eigenvalue weighted by molar-refractivity contribution is 5.75. The lowest BCUT2D eigenvalue weighted by atomic mass is 9.97. The molecule has 0 saturated carbocycles. The minimum Gasteiger partial charge on any atom is -0.465 e. The molecule has 1 aromatic rings. The monoisotopic (exact) mass is 350 g/mol. The Labute approximate surface area is 150 Å². The van der Waals surface area contributed by atoms with Gasteiger partial charge in [0.1, 0.15) is 0 Å². The predicted octanol–water partition coefficient (Wildman–Crippen LogP) is 3.61. The molecular weight excluding hydrogens is 320 g/mol. The summed E-state index contributed by atoms with van der Waals surface area (Å²) in [6, 6.07) is 9.88. The summed E-state index contributed by atoms with van der Waals surface area (Å²) in [5, 5.41) is 10.1. The van der Waals surface area contributed by atoms with Crippen molar-refractivity contribution in [3.05, 3.63) is 35.9 Å². The quantitative estimate of drug-likeness (QED) is 0.761. The van der Waals surface area contributed by atoms with Gasteiger partial charge in [0.15, 0.2) is 6.29 Å². The van der Waals surface area contributed by atoms with Crippen LogP contribution in [0.5, 0.6) is 0 Å². The average molecular weight is 350 g/mol. The third-order valence-corrected chi connectivity index (χ3v) is 4.22. The van der Waals surface area contributed by atoms with Crippen LogP contribution in [0.3, 0.4) is 0 Å². The van der Waals surface area contributed by atoms with Gasteiger partial charge in [0, 0.05) is 12.0 Å². The highest BCUT2D eigenvalue weighted by Crippen LogP contribution is 2.28. The number of hydrogen-bond donors (Lipinski definition) is 1. The second-order valence-electron chi connectivity index (χ2n) is 7.57. The maximum absolute atomic E-state index is 11.7. The molecule has 0 amide bonds. The van der Waals surface area contributed by atoms with E-state index in [4.69, 9.17) is 14.2 Å². The molecule has 0 aromatic heterocycles. The fourth-order valence-corrected chi connectivity index (χ4v) is 2.61. The first-order chi connectivity index (χ1) is 11.9. The van der Waals surface area contributed by atoms with Crippen LogP contribution in [0.4, 0.5) is 0 Å². The van der Waals surface area contributed by atoms with Crippen LogP contribution >= 0.6 is 0 Å². The number of carbonyl (C=O) groups is 1. The molecule has 1 saturated heterocycles. The van der Waals surface area contributed by atoms with Crippen molar-refractivity contribution in [2.75, 3.05) is 13.2 Å². The number of aliphatic hydroxyl groups is 1. The van der Waals surface area contributed by atoms with Crippen LogP contribution in [-0.4, -0.2) is 36.5 Å². The number of rotatable bonds is 7. The molecule has 0 bridgehead atoms. The Morgan fingerprint density at radius 3 is 2.68 bits per heavy atom. The predicted molar refractivity (Wildman–Crippen MR) is 94.9 cm³/mol. The van der Waals surface area contributed by atoms with Crippen molar-refractivity contribution in [3.8, 4) is 0 Å². The Bertz CT molecular complexity index is 523. The van der Waals surface area contributed by atoms with Crippen molar-refractivity contribution in [1.29, 1.82) is 0 Å². The molecule has 1 aliphatic heterocycles. The minimum atomic E-state index is -0.507. The zero-order valence-electron chi connectivity index (χ0n) is 15.4. The van der Waals surface area contributed by atoms with Crippen LogP contribution in [0.2, 0.25) is 0 Å². The smallest absolute Gasteiger partial charge is 0.311 e. The molecule has 0 unspecified atom stereocenters. The zero-order chi connectivity index (χ0) is 18.3. The summed E-state index contributed by atoms with van der Waals surface area (Å²) in [5.41, 5.74) is 0.509. The first-order valence-electron chi connectivity index (χ1n) is 9.03. The van der Waals surface area contributed by atoms with Crippen molar-refractivity contribution >= 4 is 5.97 Å². The molecule has 1 heterocycles. The molecule has 0 radical (unpaired) electrons. The largest absolute Gasteiger partial charge is 0.465 e. The van der Waals surface area contributed by atoms with Crippen molar-refractivity contribution in [2.24, 2.45) is 5.41 Å². The van der Waals surface area contributed by atoms with E-state index in [-0.39, 0.29) is 25.0 Å². The second kappa shape index (κ2) is 9.32. The standard InChI is InChI=1S/C20H30O5/c1-20(2,3)19(22)24-13-11-16(21)9-10-17-12-14-23-18(25-17)15-7-5-4-6-8-15/h4-8,16-18,21H,9-14H2,1-3H3/t16-,17+,18-/m1/s1. The van der Waals surface area contributed by atoms with E-state index in [1.165, 1.54) is 0 Å². The average Bonchev–Trinajstić information content (AvgIpc) is 2.60. The molecule has 1 N–H and O–H groups in total. The van der Waals surface area contributed by atoms with Crippen molar-refractivity contribution in [2.45, 2.75) is 65.0 Å². The summed E-state index contributed by atoms with van der Waals surface area (Å²) in [5.74, 6) is -0.238. The highest BCUT2D eigenvalue weighted by atomic mass is 16.7. The number of benzene rings is 1. The van der Waals surface area contributed by atoms with Gasteiger partial charge in [0.25, 0.3) is 0 Å². The van der Waals surface area contributed by atoms with Gasteiger partial charge < -0.3 is 19.3 Å². The number of hydrogen-bond acceptors (Lipinski definition) is 5. The van der Waals surface area contributed by atoms with Crippen LogP contribution in [0.15, 0.2) is 30.3 Å². The van der Waals surface area contributed by atoms with E-state index >= 15 is 0 Å². The molecule has 1 fully saturated rings. The lowest BCUT2D eigenvalue weighted by Crippen LogP contribution is -2.28. The molecule has 3 atom stereocenters. The first-order valence-corrected chi connectivity index (χ1v) is 9.03. The summed E-state index contributed by atoms with van der Waals surface area (Å²) in [6.07, 6.45) is 1.92. The Morgan fingerprint density at radius 1 is 1.28 bits per heavy atom. The van der Waals surface area contributed by atoms with E-state index in [9.17, 15) is 9.90 Å². The molecule has 5 heteroatoms. The summed E-state index contributed by atoms with van der Waals surface area (Å²) < 4.78 is 16.9. The van der Waals surface area contributed by atoms with Crippen LogP contribution in [0, 0.1) is 5.41 Å². The van der Waals surface area contributed by atoms with Gasteiger partial charge >= 0.3 is 5.97 Å². The van der Waals surface area contributed by atoms with Gasteiger partial charge in [-0.15, -0.1) is 0 Å². The number of esters is 1. The fourth-order valence-electron chi connectivity index (χ4n) is 2.61. The van der Waals surface area contributed by atoms with Crippen LogP contribution in [-0.2, 0) is 19.0 Å².